The molecular weight excluding hydrogens is 227 g/mol. The van der Waals surface area contributed by atoms with E-state index in [1.54, 1.807) is 24.5 Å². The first-order valence-electron chi connectivity index (χ1n) is 5.05. The molecule has 1 atom stereocenters. The highest BCUT2D eigenvalue weighted by atomic mass is 35.5. The molecule has 0 amide bonds. The minimum atomic E-state index is -0.397. The second kappa shape index (κ2) is 4.66. The number of nitrogens with zero attached hydrogens (tertiary/aromatic N) is 1. The van der Waals surface area contributed by atoms with Crippen molar-refractivity contribution in [3.05, 3.63) is 53.4 Å². The summed E-state index contributed by atoms with van der Waals surface area (Å²) in [7, 11) is 0. The Morgan fingerprint density at radius 2 is 2.31 bits per heavy atom. The summed E-state index contributed by atoms with van der Waals surface area (Å²) in [5.41, 5.74) is 1.53. The van der Waals surface area contributed by atoms with Crippen molar-refractivity contribution in [3.63, 3.8) is 0 Å². The third-order valence-electron chi connectivity index (χ3n) is 2.42. The van der Waals surface area contributed by atoms with Gasteiger partial charge in [0.15, 0.2) is 0 Å². The molecule has 4 heteroatoms. The van der Waals surface area contributed by atoms with Gasteiger partial charge in [-0.15, -0.1) is 11.6 Å². The van der Waals surface area contributed by atoms with Crippen molar-refractivity contribution in [1.29, 1.82) is 0 Å². The first-order chi connectivity index (χ1) is 7.66. The molecule has 0 saturated heterocycles. The van der Waals surface area contributed by atoms with Crippen LogP contribution in [-0.4, -0.2) is 9.97 Å². The van der Waals surface area contributed by atoms with E-state index in [1.807, 2.05) is 6.92 Å². The quantitative estimate of drug-likeness (QED) is 0.816. The molecule has 0 saturated carbocycles. The Morgan fingerprint density at radius 1 is 1.50 bits per heavy atom. The Balaban J connectivity index is 2.20. The predicted octanol–water partition coefficient (Wildman–Crippen LogP) is 3.38. The van der Waals surface area contributed by atoms with E-state index in [4.69, 9.17) is 11.6 Å². The van der Waals surface area contributed by atoms with E-state index >= 15 is 0 Å². The second-order valence-corrected chi connectivity index (χ2v) is 4.26. The van der Waals surface area contributed by atoms with E-state index in [0.29, 0.717) is 12.0 Å². The van der Waals surface area contributed by atoms with Gasteiger partial charge in [-0.1, -0.05) is 17.7 Å². The zero-order chi connectivity index (χ0) is 11.5. The van der Waals surface area contributed by atoms with Gasteiger partial charge in [-0.3, -0.25) is 0 Å². The van der Waals surface area contributed by atoms with Gasteiger partial charge in [0, 0.05) is 24.4 Å². The van der Waals surface area contributed by atoms with Crippen molar-refractivity contribution in [3.8, 4) is 0 Å². The van der Waals surface area contributed by atoms with Crippen LogP contribution in [0.2, 0.25) is 0 Å². The van der Waals surface area contributed by atoms with Crippen LogP contribution >= 0.6 is 11.6 Å². The standard InChI is InChI=1S/C12H12ClFN2/c1-8-2-3-11(14)9(6-8)10(13)7-12-15-4-5-16-12/h2-6,10H,7H2,1H3,(H,15,16). The minimum absolute atomic E-state index is 0.267. The molecule has 84 valence electrons. The van der Waals surface area contributed by atoms with Crippen LogP contribution in [0.3, 0.4) is 0 Å². The molecule has 0 aliphatic carbocycles. The molecule has 1 unspecified atom stereocenters. The molecule has 1 aromatic heterocycles. The normalized spacial score (nSPS) is 12.7. The van der Waals surface area contributed by atoms with Gasteiger partial charge in [0.1, 0.15) is 11.6 Å². The first-order valence-corrected chi connectivity index (χ1v) is 5.49. The van der Waals surface area contributed by atoms with Crippen LogP contribution in [-0.2, 0) is 6.42 Å². The van der Waals surface area contributed by atoms with Crippen molar-refractivity contribution in [2.75, 3.05) is 0 Å². The van der Waals surface area contributed by atoms with E-state index in [2.05, 4.69) is 9.97 Å². The number of imidazole rings is 1. The zero-order valence-electron chi connectivity index (χ0n) is 8.87. The summed E-state index contributed by atoms with van der Waals surface area (Å²) in [6, 6.07) is 4.95. The molecule has 0 fully saturated rings. The molecule has 0 bridgehead atoms. The molecule has 2 aromatic rings. The van der Waals surface area contributed by atoms with Crippen LogP contribution in [0.1, 0.15) is 22.3 Å². The van der Waals surface area contributed by atoms with Crippen LogP contribution < -0.4 is 0 Å². The maximum atomic E-state index is 13.5. The SMILES string of the molecule is Cc1ccc(F)c(C(Cl)Cc2ncc[nH]2)c1. The molecule has 16 heavy (non-hydrogen) atoms. The van der Waals surface area contributed by atoms with E-state index < -0.39 is 5.38 Å². The third-order valence-corrected chi connectivity index (χ3v) is 2.81. The number of aromatic amines is 1. The summed E-state index contributed by atoms with van der Waals surface area (Å²) in [5.74, 6) is 0.498. The largest absolute Gasteiger partial charge is 0.349 e. The van der Waals surface area contributed by atoms with Gasteiger partial charge >= 0.3 is 0 Å². The lowest BCUT2D eigenvalue weighted by Crippen LogP contribution is -2.01. The van der Waals surface area contributed by atoms with Crippen molar-refractivity contribution in [1.82, 2.24) is 9.97 Å². The zero-order valence-corrected chi connectivity index (χ0v) is 9.63. The van der Waals surface area contributed by atoms with Crippen LogP contribution in [0.4, 0.5) is 4.39 Å². The maximum Gasteiger partial charge on any atom is 0.127 e. The smallest absolute Gasteiger partial charge is 0.127 e. The number of nitrogens with one attached hydrogen (secondary N) is 1. The van der Waals surface area contributed by atoms with Crippen LogP contribution in [0.15, 0.2) is 30.6 Å². The molecule has 2 nitrogen and oxygen atoms in total. The number of alkyl halides is 1. The summed E-state index contributed by atoms with van der Waals surface area (Å²) in [6.45, 7) is 1.92. The number of benzene rings is 1. The number of hydrogen-bond donors (Lipinski definition) is 1. The van der Waals surface area contributed by atoms with Crippen LogP contribution in [0.25, 0.3) is 0 Å². The fraction of sp³-hybridized carbons (Fsp3) is 0.250. The summed E-state index contributed by atoms with van der Waals surface area (Å²) >= 11 is 6.17. The second-order valence-electron chi connectivity index (χ2n) is 3.73. The van der Waals surface area contributed by atoms with Gasteiger partial charge in [0.2, 0.25) is 0 Å². The van der Waals surface area contributed by atoms with Crippen LogP contribution in [0, 0.1) is 12.7 Å². The lowest BCUT2D eigenvalue weighted by atomic mass is 10.1. The highest BCUT2D eigenvalue weighted by molar-refractivity contribution is 6.20. The van der Waals surface area contributed by atoms with Gasteiger partial charge in [0.25, 0.3) is 0 Å². The van der Waals surface area contributed by atoms with E-state index in [9.17, 15) is 4.39 Å². The fourth-order valence-corrected chi connectivity index (χ4v) is 1.91. The van der Waals surface area contributed by atoms with Gasteiger partial charge in [-0.25, -0.2) is 9.37 Å². The molecule has 0 radical (unpaired) electrons. The summed E-state index contributed by atoms with van der Waals surface area (Å²) in [6.07, 6.45) is 3.88. The van der Waals surface area contributed by atoms with Crippen molar-refractivity contribution < 1.29 is 4.39 Å². The number of rotatable bonds is 3. The lowest BCUT2D eigenvalue weighted by molar-refractivity contribution is 0.604. The number of aromatic nitrogens is 2. The minimum Gasteiger partial charge on any atom is -0.349 e. The Hall–Kier alpha value is -1.35. The van der Waals surface area contributed by atoms with Crippen molar-refractivity contribution in [2.24, 2.45) is 0 Å². The maximum absolute atomic E-state index is 13.5. The molecule has 1 heterocycles. The Morgan fingerprint density at radius 3 is 3.00 bits per heavy atom. The first kappa shape index (κ1) is 11.1. The van der Waals surface area contributed by atoms with Crippen molar-refractivity contribution in [2.45, 2.75) is 18.7 Å². The molecule has 2 rings (SSSR count). The van der Waals surface area contributed by atoms with Gasteiger partial charge in [-0.05, 0) is 13.0 Å². The predicted molar refractivity (Wildman–Crippen MR) is 62.0 cm³/mol. The Labute approximate surface area is 98.5 Å². The molecule has 0 spiro atoms. The summed E-state index contributed by atoms with van der Waals surface area (Å²) in [5, 5.41) is -0.397. The summed E-state index contributed by atoms with van der Waals surface area (Å²) in [4.78, 5) is 7.03. The number of aryl methyl sites for hydroxylation is 1. The molecule has 0 aliphatic rings. The number of hydrogen-bond acceptors (Lipinski definition) is 1. The average molecular weight is 239 g/mol. The Bertz CT molecular complexity index is 468. The number of H-pyrrole nitrogens is 1. The van der Waals surface area contributed by atoms with Gasteiger partial charge in [-0.2, -0.15) is 0 Å². The lowest BCUT2D eigenvalue weighted by Gasteiger charge is -2.10. The van der Waals surface area contributed by atoms with Gasteiger partial charge < -0.3 is 4.98 Å². The molecule has 1 N–H and O–H groups in total. The monoisotopic (exact) mass is 238 g/mol. The number of halogens is 2. The molecular formula is C12H12ClFN2. The van der Waals surface area contributed by atoms with E-state index in [-0.39, 0.29) is 5.82 Å². The molecule has 1 aromatic carbocycles. The highest BCUT2D eigenvalue weighted by Gasteiger charge is 2.14. The van der Waals surface area contributed by atoms with Crippen molar-refractivity contribution >= 4 is 11.6 Å². The third kappa shape index (κ3) is 2.42. The van der Waals surface area contributed by atoms with E-state index in [1.165, 1.54) is 6.07 Å². The van der Waals surface area contributed by atoms with Crippen LogP contribution in [0.5, 0.6) is 0 Å². The average Bonchev–Trinajstić information content (AvgIpc) is 2.74. The molecule has 0 aliphatic heterocycles. The highest BCUT2D eigenvalue weighted by Crippen LogP contribution is 2.26. The summed E-state index contributed by atoms with van der Waals surface area (Å²) < 4.78 is 13.5. The topological polar surface area (TPSA) is 28.7 Å². The fourth-order valence-electron chi connectivity index (χ4n) is 1.59. The van der Waals surface area contributed by atoms with E-state index in [0.717, 1.165) is 11.4 Å². The Kier molecular flexibility index (Phi) is 3.25. The van der Waals surface area contributed by atoms with Gasteiger partial charge in [0.05, 0.1) is 5.38 Å².